The highest BCUT2D eigenvalue weighted by Crippen LogP contribution is 2.33. The minimum Gasteiger partial charge on any atom is -0.488 e. The summed E-state index contributed by atoms with van der Waals surface area (Å²) in [5, 5.41) is -0.399. The molecule has 0 radical (unpaired) electrons. The van der Waals surface area contributed by atoms with Gasteiger partial charge in [-0.3, -0.25) is 19.3 Å². The third-order valence-electron chi connectivity index (χ3n) is 5.44. The fourth-order valence-corrected chi connectivity index (χ4v) is 5.52. The molecule has 172 valence electrons. The van der Waals surface area contributed by atoms with Gasteiger partial charge in [0, 0.05) is 16.7 Å². The molecule has 0 spiro atoms. The Kier molecular flexibility index (Phi) is 8.34. The lowest BCUT2D eigenvalue weighted by Crippen LogP contribution is -2.44. The Morgan fingerprint density at radius 3 is 2.45 bits per heavy atom. The van der Waals surface area contributed by atoms with Crippen molar-refractivity contribution in [3.63, 3.8) is 0 Å². The second-order valence-corrected chi connectivity index (χ2v) is 11.2. The number of halogens is 2. The molecular formula is C24H22I2N2O4S. The molecule has 3 amide bonds. The maximum atomic E-state index is 12.8. The van der Waals surface area contributed by atoms with Gasteiger partial charge in [-0.05, 0) is 118 Å². The van der Waals surface area contributed by atoms with E-state index in [0.29, 0.717) is 24.6 Å². The Hall–Kier alpha value is -1.60. The van der Waals surface area contributed by atoms with Crippen molar-refractivity contribution < 1.29 is 19.1 Å². The van der Waals surface area contributed by atoms with Crippen LogP contribution in [0.1, 0.15) is 30.4 Å². The summed E-state index contributed by atoms with van der Waals surface area (Å²) >= 11 is 5.35. The number of ether oxygens (including phenoxy) is 1. The van der Waals surface area contributed by atoms with E-state index in [-0.39, 0.29) is 12.5 Å². The molecule has 0 saturated carbocycles. The number of imide groups is 1. The Labute approximate surface area is 224 Å². The molecule has 33 heavy (non-hydrogen) atoms. The molecule has 0 aromatic heterocycles. The van der Waals surface area contributed by atoms with Crippen LogP contribution < -0.4 is 4.74 Å². The second-order valence-electron chi connectivity index (χ2n) is 7.81. The molecule has 6 nitrogen and oxygen atoms in total. The zero-order valence-corrected chi connectivity index (χ0v) is 22.9. The first-order valence-corrected chi connectivity index (χ1v) is 13.6. The fraction of sp³-hybridized carbons (Fsp3) is 0.292. The number of piperidine rings is 1. The number of nitrogens with zero attached hydrogens (tertiary/aromatic N) is 2. The van der Waals surface area contributed by atoms with Crippen molar-refractivity contribution in [1.29, 1.82) is 0 Å². The number of carbonyl (C=O) groups excluding carboxylic acids is 3. The average molecular weight is 688 g/mol. The minimum absolute atomic E-state index is 0.164. The number of likely N-dealkylation sites (tertiary alicyclic amines) is 1. The number of hydrogen-bond donors (Lipinski definition) is 0. The first kappa shape index (κ1) is 24.5. The third-order valence-corrected chi connectivity index (χ3v) is 7.91. The molecule has 0 aliphatic carbocycles. The van der Waals surface area contributed by atoms with Gasteiger partial charge in [0.05, 0.1) is 8.48 Å². The van der Waals surface area contributed by atoms with Gasteiger partial charge in [0.25, 0.3) is 11.1 Å². The van der Waals surface area contributed by atoms with Gasteiger partial charge in [-0.1, -0.05) is 18.2 Å². The lowest BCUT2D eigenvalue weighted by atomic mass is 10.1. The van der Waals surface area contributed by atoms with Crippen LogP contribution in [0.4, 0.5) is 4.79 Å². The summed E-state index contributed by atoms with van der Waals surface area (Å²) in [5.74, 6) is 0.179. The monoisotopic (exact) mass is 688 g/mol. The number of carbonyl (C=O) groups is 3. The lowest BCUT2D eigenvalue weighted by molar-refractivity contribution is -0.136. The van der Waals surface area contributed by atoms with Crippen LogP contribution in [0.25, 0.3) is 6.08 Å². The van der Waals surface area contributed by atoms with Crippen molar-refractivity contribution in [1.82, 2.24) is 9.80 Å². The van der Waals surface area contributed by atoms with Crippen molar-refractivity contribution in [2.24, 2.45) is 0 Å². The van der Waals surface area contributed by atoms with Gasteiger partial charge in [0.15, 0.2) is 0 Å². The predicted octanol–water partition coefficient (Wildman–Crippen LogP) is 5.52. The van der Waals surface area contributed by atoms with Gasteiger partial charge >= 0.3 is 0 Å². The summed E-state index contributed by atoms with van der Waals surface area (Å²) in [6, 6.07) is 13.8. The van der Waals surface area contributed by atoms with E-state index in [2.05, 4.69) is 45.2 Å². The zero-order valence-electron chi connectivity index (χ0n) is 17.8. The Morgan fingerprint density at radius 1 is 1.03 bits per heavy atom. The summed E-state index contributed by atoms with van der Waals surface area (Å²) < 4.78 is 8.02. The van der Waals surface area contributed by atoms with E-state index < -0.39 is 11.1 Å². The Morgan fingerprint density at radius 2 is 1.76 bits per heavy atom. The van der Waals surface area contributed by atoms with Crippen molar-refractivity contribution in [2.45, 2.75) is 25.9 Å². The lowest BCUT2D eigenvalue weighted by Gasteiger charge is -2.27. The molecule has 4 rings (SSSR count). The number of amides is 3. The maximum absolute atomic E-state index is 12.8. The maximum Gasteiger partial charge on any atom is 0.294 e. The third kappa shape index (κ3) is 6.30. The van der Waals surface area contributed by atoms with E-state index in [1.165, 1.54) is 3.57 Å². The molecule has 9 heteroatoms. The van der Waals surface area contributed by atoms with E-state index in [9.17, 15) is 14.4 Å². The Bertz CT molecular complexity index is 1100. The van der Waals surface area contributed by atoms with Gasteiger partial charge < -0.3 is 9.64 Å². The summed E-state index contributed by atoms with van der Waals surface area (Å²) in [6.45, 7) is 1.67. The highest BCUT2D eigenvalue weighted by Gasteiger charge is 2.37. The molecule has 2 aromatic rings. The molecule has 0 atom stereocenters. The van der Waals surface area contributed by atoms with Gasteiger partial charge in [-0.15, -0.1) is 0 Å². The van der Waals surface area contributed by atoms with Crippen LogP contribution >= 0.6 is 56.9 Å². The number of benzene rings is 2. The molecule has 2 fully saturated rings. The van der Waals surface area contributed by atoms with Crippen LogP contribution in [-0.4, -0.2) is 46.5 Å². The van der Waals surface area contributed by atoms with E-state index in [1.54, 1.807) is 11.0 Å². The van der Waals surface area contributed by atoms with Gasteiger partial charge in [-0.25, -0.2) is 0 Å². The van der Waals surface area contributed by atoms with Crippen LogP contribution in [0.5, 0.6) is 5.75 Å². The predicted molar refractivity (Wildman–Crippen MR) is 146 cm³/mol. The topological polar surface area (TPSA) is 66.9 Å². The van der Waals surface area contributed by atoms with Crippen molar-refractivity contribution in [3.05, 3.63) is 65.6 Å². The van der Waals surface area contributed by atoms with Crippen LogP contribution in [0.3, 0.4) is 0 Å². The van der Waals surface area contributed by atoms with Gasteiger partial charge in [0.1, 0.15) is 18.9 Å². The standard InChI is InChI=1S/C24H22I2N2O4S/c25-18-7-4-16(5-8-18)15-32-20-9-6-17(12-19(20)26)13-21-23(30)28(24(31)33-21)14-22(29)27-10-2-1-3-11-27/h4-9,12-13H,1-3,10-11,14-15H2/b21-13-. The zero-order chi connectivity index (χ0) is 23.4. The van der Waals surface area contributed by atoms with E-state index in [4.69, 9.17) is 4.74 Å². The number of thioether (sulfide) groups is 1. The average Bonchev–Trinajstić information content (AvgIpc) is 3.07. The SMILES string of the molecule is O=C(CN1C(=O)S/C(=C\c2ccc(OCc3ccc(I)cc3)c(I)c2)C1=O)N1CCCCC1. The Balaban J connectivity index is 1.40. The molecule has 2 aliphatic rings. The van der Waals surface area contributed by atoms with Crippen LogP contribution in [0.2, 0.25) is 0 Å². The summed E-state index contributed by atoms with van der Waals surface area (Å²) in [5.41, 5.74) is 1.89. The largest absolute Gasteiger partial charge is 0.488 e. The molecule has 0 bridgehead atoms. The minimum atomic E-state index is -0.413. The second kappa shape index (κ2) is 11.2. The first-order valence-electron chi connectivity index (χ1n) is 10.6. The smallest absolute Gasteiger partial charge is 0.294 e. The summed E-state index contributed by atoms with van der Waals surface area (Å²) in [4.78, 5) is 40.8. The van der Waals surface area contributed by atoms with Gasteiger partial charge in [0.2, 0.25) is 5.91 Å². The molecule has 2 aliphatic heterocycles. The van der Waals surface area contributed by atoms with Gasteiger partial charge in [-0.2, -0.15) is 0 Å². The van der Waals surface area contributed by atoms with Crippen molar-refractivity contribution in [2.75, 3.05) is 19.6 Å². The van der Waals surface area contributed by atoms with Crippen molar-refractivity contribution >= 4 is 80.1 Å². The summed E-state index contributed by atoms with van der Waals surface area (Å²) in [7, 11) is 0. The molecular weight excluding hydrogens is 666 g/mol. The van der Waals surface area contributed by atoms with Crippen LogP contribution in [-0.2, 0) is 16.2 Å². The highest BCUT2D eigenvalue weighted by molar-refractivity contribution is 14.1. The van der Waals surface area contributed by atoms with E-state index in [1.807, 2.05) is 42.5 Å². The molecule has 2 heterocycles. The normalized spacial score (nSPS) is 17.7. The number of hydrogen-bond acceptors (Lipinski definition) is 5. The number of rotatable bonds is 6. The highest BCUT2D eigenvalue weighted by atomic mass is 127. The molecule has 2 saturated heterocycles. The van der Waals surface area contributed by atoms with Crippen LogP contribution in [0, 0.1) is 7.14 Å². The van der Waals surface area contributed by atoms with Crippen molar-refractivity contribution in [3.8, 4) is 5.75 Å². The van der Waals surface area contributed by atoms with E-state index >= 15 is 0 Å². The van der Waals surface area contributed by atoms with Crippen LogP contribution in [0.15, 0.2) is 47.4 Å². The quantitative estimate of drug-likeness (QED) is 0.296. The molecule has 2 aromatic carbocycles. The molecule has 0 unspecified atom stereocenters. The van der Waals surface area contributed by atoms with E-state index in [0.717, 1.165) is 56.4 Å². The first-order chi connectivity index (χ1) is 15.9. The fourth-order valence-electron chi connectivity index (χ4n) is 3.63. The molecule has 0 N–H and O–H groups in total. The summed E-state index contributed by atoms with van der Waals surface area (Å²) in [6.07, 6.45) is 4.75.